The lowest BCUT2D eigenvalue weighted by atomic mass is 10.1. The molecule has 2 aromatic rings. The van der Waals surface area contributed by atoms with Gasteiger partial charge in [-0.05, 0) is 32.4 Å². The van der Waals surface area contributed by atoms with Crippen molar-refractivity contribution in [3.05, 3.63) is 35.7 Å². The van der Waals surface area contributed by atoms with Crippen LogP contribution < -0.4 is 5.32 Å². The monoisotopic (exact) mass is 260 g/mol. The van der Waals surface area contributed by atoms with Gasteiger partial charge in [0.1, 0.15) is 11.4 Å². The topological polar surface area (TPSA) is 80.0 Å². The molecule has 19 heavy (non-hydrogen) atoms. The molecule has 100 valence electrons. The van der Waals surface area contributed by atoms with Crippen LogP contribution in [-0.4, -0.2) is 25.8 Å². The number of aromatic nitrogens is 3. The maximum Gasteiger partial charge on any atom is 0.339 e. The van der Waals surface area contributed by atoms with Gasteiger partial charge in [-0.3, -0.25) is 4.68 Å². The van der Waals surface area contributed by atoms with Crippen LogP contribution in [-0.2, 0) is 0 Å². The number of hydrogen-bond acceptors (Lipinski definition) is 4. The minimum Gasteiger partial charge on any atom is -0.478 e. The van der Waals surface area contributed by atoms with Crippen molar-refractivity contribution in [3.8, 4) is 0 Å². The van der Waals surface area contributed by atoms with Crippen molar-refractivity contribution in [1.29, 1.82) is 0 Å². The molecular formula is C13H16N4O2. The highest BCUT2D eigenvalue weighted by molar-refractivity contribution is 5.95. The van der Waals surface area contributed by atoms with Crippen molar-refractivity contribution in [1.82, 2.24) is 14.8 Å². The molecule has 6 nitrogen and oxygen atoms in total. The van der Waals surface area contributed by atoms with Gasteiger partial charge in [0.05, 0.1) is 0 Å². The molecule has 0 aliphatic rings. The minimum absolute atomic E-state index is 0.168. The number of hydrogen-bond donors (Lipinski definition) is 2. The number of anilines is 2. The third-order valence-electron chi connectivity index (χ3n) is 2.76. The van der Waals surface area contributed by atoms with Gasteiger partial charge >= 0.3 is 5.97 Å². The van der Waals surface area contributed by atoms with E-state index in [0.29, 0.717) is 17.2 Å². The van der Waals surface area contributed by atoms with Gasteiger partial charge in [-0.15, -0.1) is 0 Å². The Morgan fingerprint density at radius 1 is 1.42 bits per heavy atom. The molecule has 0 radical (unpaired) electrons. The number of pyridine rings is 1. The second kappa shape index (κ2) is 5.09. The Kier molecular flexibility index (Phi) is 3.50. The molecular weight excluding hydrogens is 244 g/mol. The fraction of sp³-hybridized carbons (Fsp3) is 0.308. The Morgan fingerprint density at radius 2 is 2.16 bits per heavy atom. The average molecular weight is 260 g/mol. The van der Waals surface area contributed by atoms with Crippen molar-refractivity contribution in [2.75, 3.05) is 5.32 Å². The van der Waals surface area contributed by atoms with E-state index in [-0.39, 0.29) is 11.6 Å². The van der Waals surface area contributed by atoms with Crippen molar-refractivity contribution in [2.45, 2.75) is 26.8 Å². The van der Waals surface area contributed by atoms with Gasteiger partial charge in [-0.25, -0.2) is 9.78 Å². The number of carbonyl (C=O) groups is 1. The molecule has 2 heterocycles. The third kappa shape index (κ3) is 2.73. The molecule has 0 unspecified atom stereocenters. The first kappa shape index (κ1) is 13.1. The van der Waals surface area contributed by atoms with Crippen molar-refractivity contribution >= 4 is 17.6 Å². The highest BCUT2D eigenvalue weighted by Gasteiger charge is 2.15. The summed E-state index contributed by atoms with van der Waals surface area (Å²) in [5.41, 5.74) is 0.829. The zero-order valence-electron chi connectivity index (χ0n) is 11.1. The summed E-state index contributed by atoms with van der Waals surface area (Å²) in [6.07, 6.45) is 3.41. The van der Waals surface area contributed by atoms with Crippen LogP contribution >= 0.6 is 0 Å². The molecule has 0 saturated heterocycles. The lowest BCUT2D eigenvalue weighted by Gasteiger charge is -2.08. The predicted octanol–water partition coefficient (Wildman–Crippen LogP) is 2.61. The van der Waals surface area contributed by atoms with E-state index >= 15 is 0 Å². The zero-order valence-corrected chi connectivity index (χ0v) is 11.1. The van der Waals surface area contributed by atoms with E-state index in [0.717, 1.165) is 0 Å². The summed E-state index contributed by atoms with van der Waals surface area (Å²) < 4.78 is 1.79. The Hall–Kier alpha value is -2.37. The van der Waals surface area contributed by atoms with Gasteiger partial charge in [0.15, 0.2) is 5.82 Å². The summed E-state index contributed by atoms with van der Waals surface area (Å²) in [5.74, 6) is -0.118. The van der Waals surface area contributed by atoms with Gasteiger partial charge in [0, 0.05) is 24.5 Å². The molecule has 0 aliphatic heterocycles. The average Bonchev–Trinajstić information content (AvgIpc) is 2.77. The Labute approximate surface area is 111 Å². The molecule has 6 heteroatoms. The second-order valence-electron chi connectivity index (χ2n) is 4.56. The number of carboxylic acids is 1. The number of nitrogens with zero attached hydrogens (tertiary/aromatic N) is 3. The zero-order chi connectivity index (χ0) is 14.0. The third-order valence-corrected chi connectivity index (χ3v) is 2.76. The Morgan fingerprint density at radius 3 is 2.74 bits per heavy atom. The largest absolute Gasteiger partial charge is 0.478 e. The van der Waals surface area contributed by atoms with Gasteiger partial charge in [-0.2, -0.15) is 5.10 Å². The Bertz CT molecular complexity index is 604. The first-order valence-electron chi connectivity index (χ1n) is 6.00. The first-order chi connectivity index (χ1) is 8.99. The Balaban J connectivity index is 2.32. The highest BCUT2D eigenvalue weighted by atomic mass is 16.4. The van der Waals surface area contributed by atoms with Crippen LogP contribution in [0, 0.1) is 6.92 Å². The molecule has 0 fully saturated rings. The van der Waals surface area contributed by atoms with E-state index in [1.807, 2.05) is 20.0 Å². The normalized spacial score (nSPS) is 10.7. The fourth-order valence-electron chi connectivity index (χ4n) is 1.74. The van der Waals surface area contributed by atoms with E-state index < -0.39 is 5.97 Å². The van der Waals surface area contributed by atoms with Crippen LogP contribution in [0.3, 0.4) is 0 Å². The van der Waals surface area contributed by atoms with Crippen LogP contribution in [0.1, 0.15) is 35.8 Å². The summed E-state index contributed by atoms with van der Waals surface area (Å²) >= 11 is 0. The number of aromatic carboxylic acids is 1. The number of aryl methyl sites for hydroxylation is 1. The summed E-state index contributed by atoms with van der Waals surface area (Å²) in [6.45, 7) is 5.78. The molecule has 0 bridgehead atoms. The van der Waals surface area contributed by atoms with E-state index in [9.17, 15) is 9.90 Å². The van der Waals surface area contributed by atoms with Gasteiger partial charge in [-0.1, -0.05) is 0 Å². The highest BCUT2D eigenvalue weighted by Crippen LogP contribution is 2.20. The molecule has 0 aromatic carbocycles. The van der Waals surface area contributed by atoms with Gasteiger partial charge in [0.2, 0.25) is 0 Å². The molecule has 2 aromatic heterocycles. The molecule has 0 spiro atoms. The summed E-state index contributed by atoms with van der Waals surface area (Å²) in [5, 5.41) is 16.5. The van der Waals surface area contributed by atoms with E-state index in [1.165, 1.54) is 0 Å². The SMILES string of the molecule is Cc1ccnc(Nc2ccn(C(C)C)n2)c1C(=O)O. The molecule has 0 amide bonds. The van der Waals surface area contributed by atoms with E-state index in [4.69, 9.17) is 0 Å². The summed E-state index contributed by atoms with van der Waals surface area (Å²) in [4.78, 5) is 15.3. The quantitative estimate of drug-likeness (QED) is 0.883. The number of carboxylic acid groups (broad SMARTS) is 1. The number of rotatable bonds is 4. The van der Waals surface area contributed by atoms with E-state index in [2.05, 4.69) is 15.4 Å². The smallest absolute Gasteiger partial charge is 0.339 e. The molecule has 0 atom stereocenters. The van der Waals surface area contributed by atoms with Crippen LogP contribution in [0.25, 0.3) is 0 Å². The standard InChI is InChI=1S/C13H16N4O2/c1-8(2)17-7-5-10(16-17)15-12-11(13(18)19)9(3)4-6-14-12/h4-8H,1-3H3,(H,18,19)(H,14,15,16). The maximum atomic E-state index is 11.2. The van der Waals surface area contributed by atoms with Crippen LogP contribution in [0.2, 0.25) is 0 Å². The van der Waals surface area contributed by atoms with E-state index in [1.54, 1.807) is 29.9 Å². The lowest BCUT2D eigenvalue weighted by Crippen LogP contribution is -2.08. The van der Waals surface area contributed by atoms with Crippen molar-refractivity contribution in [2.24, 2.45) is 0 Å². The number of nitrogens with one attached hydrogen (secondary N) is 1. The summed E-state index contributed by atoms with van der Waals surface area (Å²) in [7, 11) is 0. The fourth-order valence-corrected chi connectivity index (χ4v) is 1.74. The first-order valence-corrected chi connectivity index (χ1v) is 6.00. The molecule has 2 rings (SSSR count). The second-order valence-corrected chi connectivity index (χ2v) is 4.56. The van der Waals surface area contributed by atoms with Crippen molar-refractivity contribution < 1.29 is 9.90 Å². The van der Waals surface area contributed by atoms with Crippen LogP contribution in [0.15, 0.2) is 24.5 Å². The van der Waals surface area contributed by atoms with Gasteiger partial charge in [0.25, 0.3) is 0 Å². The molecule has 0 saturated carbocycles. The predicted molar refractivity (Wildman–Crippen MR) is 71.8 cm³/mol. The van der Waals surface area contributed by atoms with Crippen molar-refractivity contribution in [3.63, 3.8) is 0 Å². The lowest BCUT2D eigenvalue weighted by molar-refractivity contribution is 0.0697. The minimum atomic E-state index is -1.00. The van der Waals surface area contributed by atoms with Gasteiger partial charge < -0.3 is 10.4 Å². The molecule has 2 N–H and O–H groups in total. The molecule has 0 aliphatic carbocycles. The van der Waals surface area contributed by atoms with Crippen LogP contribution in [0.4, 0.5) is 11.6 Å². The van der Waals surface area contributed by atoms with Crippen LogP contribution in [0.5, 0.6) is 0 Å². The maximum absolute atomic E-state index is 11.2. The summed E-state index contributed by atoms with van der Waals surface area (Å²) in [6, 6.07) is 3.71.